The number of carbonyl (C=O) groups excluding carboxylic acids is 1. The number of rotatable bonds is 13. The van der Waals surface area contributed by atoms with E-state index in [4.69, 9.17) is 5.11 Å². The number of Topliss-reactive ketones (excluding diaryl/α,β-unsaturated/α-hetero) is 1. The first-order chi connectivity index (χ1) is 12.4. The molecule has 0 amide bonds. The normalized spacial score (nSPS) is 22.9. The van der Waals surface area contributed by atoms with E-state index in [1.807, 2.05) is 12.2 Å². The van der Waals surface area contributed by atoms with E-state index in [1.54, 1.807) is 0 Å². The predicted molar refractivity (Wildman–Crippen MR) is 101 cm³/mol. The monoisotopic (exact) mass is 368 g/mol. The molecule has 1 fully saturated rings. The number of allylic oxidation sites excluding steroid dienone is 3. The van der Waals surface area contributed by atoms with Crippen LogP contribution < -0.4 is 0 Å². The molecule has 1 rings (SSSR count). The number of halogens is 1. The molecule has 4 atom stereocenters. The fourth-order valence-electron chi connectivity index (χ4n) is 3.54. The van der Waals surface area contributed by atoms with Gasteiger partial charge in [-0.1, -0.05) is 50.5 Å². The molecule has 5 heteroatoms. The smallest absolute Gasteiger partial charge is 0.303 e. The molecule has 0 spiro atoms. The van der Waals surface area contributed by atoms with Gasteiger partial charge in [-0.25, -0.2) is 4.39 Å². The predicted octanol–water partition coefficient (Wildman–Crippen LogP) is 4.62. The maximum Gasteiger partial charge on any atom is 0.303 e. The van der Waals surface area contributed by atoms with Crippen molar-refractivity contribution in [2.45, 2.75) is 83.4 Å². The number of carboxylic acids is 1. The molecule has 0 radical (unpaired) electrons. The molecule has 0 saturated heterocycles. The molecule has 1 saturated carbocycles. The maximum atomic E-state index is 14.4. The summed E-state index contributed by atoms with van der Waals surface area (Å²) in [6.07, 6.45) is 7.06. The number of aliphatic carboxylic acids is 1. The summed E-state index contributed by atoms with van der Waals surface area (Å²) in [5.74, 6) is -1.23. The van der Waals surface area contributed by atoms with Crippen LogP contribution in [0.15, 0.2) is 24.3 Å². The first-order valence-corrected chi connectivity index (χ1v) is 9.76. The van der Waals surface area contributed by atoms with E-state index >= 15 is 0 Å². The Morgan fingerprint density at radius 3 is 2.69 bits per heavy atom. The van der Waals surface area contributed by atoms with Crippen LogP contribution in [0.25, 0.3) is 0 Å². The lowest BCUT2D eigenvalue weighted by atomic mass is 9.85. The van der Waals surface area contributed by atoms with E-state index in [9.17, 15) is 19.1 Å². The second kappa shape index (κ2) is 12.0. The van der Waals surface area contributed by atoms with Crippen LogP contribution >= 0.6 is 0 Å². The van der Waals surface area contributed by atoms with Gasteiger partial charge >= 0.3 is 5.97 Å². The van der Waals surface area contributed by atoms with Crippen LogP contribution in [0.4, 0.5) is 4.39 Å². The van der Waals surface area contributed by atoms with E-state index in [0.717, 1.165) is 24.8 Å². The summed E-state index contributed by atoms with van der Waals surface area (Å²) in [7, 11) is 0. The zero-order valence-electron chi connectivity index (χ0n) is 15.8. The Morgan fingerprint density at radius 2 is 2.04 bits per heavy atom. The van der Waals surface area contributed by atoms with E-state index in [0.29, 0.717) is 32.1 Å². The van der Waals surface area contributed by atoms with Crippen molar-refractivity contribution in [3.8, 4) is 0 Å². The molecular weight excluding hydrogens is 335 g/mol. The Bertz CT molecular complexity index is 500. The molecule has 0 aromatic rings. The minimum Gasteiger partial charge on any atom is -0.481 e. The fraction of sp³-hybridized carbons (Fsp3) is 0.714. The summed E-state index contributed by atoms with van der Waals surface area (Å²) >= 11 is 0. The summed E-state index contributed by atoms with van der Waals surface area (Å²) in [6.45, 7) is 6.01. The molecule has 0 heterocycles. The average molecular weight is 368 g/mol. The molecule has 2 N–H and O–H groups in total. The minimum absolute atomic E-state index is 0.0860. The zero-order chi connectivity index (χ0) is 19.5. The second-order valence-corrected chi connectivity index (χ2v) is 7.32. The van der Waals surface area contributed by atoms with Gasteiger partial charge in [0.15, 0.2) is 0 Å². The summed E-state index contributed by atoms with van der Waals surface area (Å²) in [5.41, 5.74) is 0.766. The van der Waals surface area contributed by atoms with Crippen molar-refractivity contribution in [1.82, 2.24) is 0 Å². The highest BCUT2D eigenvalue weighted by molar-refractivity contribution is 5.87. The molecule has 4 nitrogen and oxygen atoms in total. The number of hydrogen-bond donors (Lipinski definition) is 2. The van der Waals surface area contributed by atoms with Gasteiger partial charge < -0.3 is 10.2 Å². The Hall–Kier alpha value is -1.49. The number of aliphatic hydroxyl groups is 1. The molecule has 0 aliphatic heterocycles. The molecule has 1 aliphatic carbocycles. The molecule has 0 aromatic carbocycles. The third kappa shape index (κ3) is 7.81. The summed E-state index contributed by atoms with van der Waals surface area (Å²) in [4.78, 5) is 22.7. The van der Waals surface area contributed by atoms with Crippen LogP contribution in [-0.4, -0.2) is 34.2 Å². The van der Waals surface area contributed by atoms with Crippen molar-refractivity contribution >= 4 is 11.8 Å². The van der Waals surface area contributed by atoms with Crippen molar-refractivity contribution in [3.63, 3.8) is 0 Å². The van der Waals surface area contributed by atoms with Crippen LogP contribution in [0.1, 0.15) is 71.1 Å². The molecule has 148 valence electrons. The van der Waals surface area contributed by atoms with Gasteiger partial charge in [0.05, 0.1) is 6.10 Å². The van der Waals surface area contributed by atoms with Gasteiger partial charge in [-0.3, -0.25) is 9.59 Å². The first-order valence-electron chi connectivity index (χ1n) is 9.76. The second-order valence-electron chi connectivity index (χ2n) is 7.32. The summed E-state index contributed by atoms with van der Waals surface area (Å²) in [5, 5.41) is 18.6. The molecule has 0 aromatic heterocycles. The van der Waals surface area contributed by atoms with E-state index in [-0.39, 0.29) is 30.5 Å². The number of carbonyl (C=O) groups is 2. The lowest BCUT2D eigenvalue weighted by Crippen LogP contribution is -2.27. The topological polar surface area (TPSA) is 74.6 Å². The number of hydrogen-bond acceptors (Lipinski definition) is 3. The highest BCUT2D eigenvalue weighted by atomic mass is 19.1. The molecule has 26 heavy (non-hydrogen) atoms. The standard InChI is InChI=1S/C21H33FO4/c1-3-4-7-11-19(23)18(22)14-17-15(2)13-20(24)16(17)10-8-5-6-9-12-21(25)26/h5,8,16-19,23H,2-4,6-7,9-14H2,1H3,(H,25,26)/b8-5-/t16-,17-,18?,19+/m1/s1. The molecular formula is C21H33FO4. The van der Waals surface area contributed by atoms with Crippen molar-refractivity contribution in [2.75, 3.05) is 0 Å². The number of ketones is 1. The average Bonchev–Trinajstić information content (AvgIpc) is 2.84. The van der Waals surface area contributed by atoms with E-state index in [2.05, 4.69) is 13.5 Å². The van der Waals surface area contributed by atoms with Crippen molar-refractivity contribution in [1.29, 1.82) is 0 Å². The lowest BCUT2D eigenvalue weighted by Gasteiger charge is -2.23. The molecule has 0 bridgehead atoms. The number of carboxylic acid groups (broad SMARTS) is 1. The van der Waals surface area contributed by atoms with Crippen LogP contribution in [0.3, 0.4) is 0 Å². The van der Waals surface area contributed by atoms with E-state index < -0.39 is 18.2 Å². The van der Waals surface area contributed by atoms with Crippen LogP contribution in [0.2, 0.25) is 0 Å². The number of aliphatic hydroxyl groups excluding tert-OH is 1. The van der Waals surface area contributed by atoms with Crippen LogP contribution in [-0.2, 0) is 9.59 Å². The summed E-state index contributed by atoms with van der Waals surface area (Å²) < 4.78 is 14.4. The zero-order valence-corrected chi connectivity index (χ0v) is 15.8. The lowest BCUT2D eigenvalue weighted by molar-refractivity contribution is -0.137. The number of unbranched alkanes of at least 4 members (excludes halogenated alkanes) is 3. The highest BCUT2D eigenvalue weighted by Crippen LogP contribution is 2.39. The van der Waals surface area contributed by atoms with Gasteiger partial charge in [0, 0.05) is 18.8 Å². The van der Waals surface area contributed by atoms with Crippen molar-refractivity contribution < 1.29 is 24.2 Å². The largest absolute Gasteiger partial charge is 0.481 e. The molecule has 1 unspecified atom stereocenters. The van der Waals surface area contributed by atoms with Gasteiger partial charge in [-0.15, -0.1) is 0 Å². The Labute approximate surface area is 156 Å². The van der Waals surface area contributed by atoms with Gasteiger partial charge in [-0.2, -0.15) is 0 Å². The molecule has 1 aliphatic rings. The van der Waals surface area contributed by atoms with Gasteiger partial charge in [0.2, 0.25) is 0 Å². The highest BCUT2D eigenvalue weighted by Gasteiger charge is 2.38. The maximum absolute atomic E-state index is 14.4. The Kier molecular flexibility index (Phi) is 10.4. The minimum atomic E-state index is -1.33. The van der Waals surface area contributed by atoms with E-state index in [1.165, 1.54) is 0 Å². The fourth-order valence-corrected chi connectivity index (χ4v) is 3.54. The number of alkyl halides is 1. The van der Waals surface area contributed by atoms with Crippen molar-refractivity contribution in [3.05, 3.63) is 24.3 Å². The SMILES string of the molecule is C=C1CC(=O)[C@H](C/C=C\CCCC(=O)O)[C@@H]1CC(F)[C@@H](O)CCCCC. The Morgan fingerprint density at radius 1 is 1.31 bits per heavy atom. The third-order valence-electron chi connectivity index (χ3n) is 5.14. The van der Waals surface area contributed by atoms with Crippen LogP contribution in [0.5, 0.6) is 0 Å². The third-order valence-corrected chi connectivity index (χ3v) is 5.14. The van der Waals surface area contributed by atoms with Crippen molar-refractivity contribution in [2.24, 2.45) is 11.8 Å². The van der Waals surface area contributed by atoms with Gasteiger partial charge in [-0.05, 0) is 38.0 Å². The van der Waals surface area contributed by atoms with Gasteiger partial charge in [0.25, 0.3) is 0 Å². The summed E-state index contributed by atoms with van der Waals surface area (Å²) in [6, 6.07) is 0. The quantitative estimate of drug-likeness (QED) is 0.367. The Balaban J connectivity index is 2.50. The van der Waals surface area contributed by atoms with Crippen LogP contribution in [0, 0.1) is 11.8 Å². The first kappa shape index (κ1) is 22.6. The van der Waals surface area contributed by atoms with Gasteiger partial charge in [0.1, 0.15) is 12.0 Å².